The smallest absolute Gasteiger partial charge is 0.167 e. The molecule has 0 aliphatic carbocycles. The van der Waals surface area contributed by atoms with Crippen LogP contribution >= 0.6 is 11.6 Å². The summed E-state index contributed by atoms with van der Waals surface area (Å²) in [4.78, 5) is 0. The first-order valence-corrected chi connectivity index (χ1v) is 6.96. The first-order valence-electron chi connectivity index (χ1n) is 6.58. The van der Waals surface area contributed by atoms with Crippen LogP contribution in [0.2, 0.25) is 5.02 Å². The summed E-state index contributed by atoms with van der Waals surface area (Å²) >= 11 is 5.99. The van der Waals surface area contributed by atoms with Gasteiger partial charge in [-0.05, 0) is 44.0 Å². The van der Waals surface area contributed by atoms with Crippen LogP contribution in [0.25, 0.3) is 0 Å². The van der Waals surface area contributed by atoms with Gasteiger partial charge in [-0.1, -0.05) is 11.6 Å². The van der Waals surface area contributed by atoms with E-state index < -0.39 is 5.82 Å². The van der Waals surface area contributed by atoms with Crippen molar-refractivity contribution in [2.75, 3.05) is 12.3 Å². The number of ether oxygens (including phenoxy) is 2. The third-order valence-corrected chi connectivity index (χ3v) is 3.22. The number of nitrogens with two attached hydrogens (primary N) is 1. The first kappa shape index (κ1) is 15.4. The topological polar surface area (TPSA) is 44.5 Å². The van der Waals surface area contributed by atoms with E-state index in [4.69, 9.17) is 26.8 Å². The molecule has 3 nitrogen and oxygen atoms in total. The predicted octanol–water partition coefficient (Wildman–Crippen LogP) is 4.87. The Morgan fingerprint density at radius 1 is 1.10 bits per heavy atom. The first-order chi connectivity index (χ1) is 9.92. The summed E-state index contributed by atoms with van der Waals surface area (Å²) < 4.78 is 24.7. The van der Waals surface area contributed by atoms with Crippen molar-refractivity contribution in [3.8, 4) is 17.2 Å². The zero-order valence-electron chi connectivity index (χ0n) is 12.2. The van der Waals surface area contributed by atoms with E-state index in [0.29, 0.717) is 23.1 Å². The van der Waals surface area contributed by atoms with E-state index in [1.54, 1.807) is 19.1 Å². The van der Waals surface area contributed by atoms with Gasteiger partial charge in [-0.3, -0.25) is 0 Å². The van der Waals surface area contributed by atoms with Crippen molar-refractivity contribution in [2.45, 2.75) is 20.8 Å². The zero-order chi connectivity index (χ0) is 15.6. The van der Waals surface area contributed by atoms with Crippen molar-refractivity contribution in [1.82, 2.24) is 0 Å². The molecule has 21 heavy (non-hydrogen) atoms. The molecule has 5 heteroatoms. The molecule has 0 aliphatic rings. The predicted molar refractivity (Wildman–Crippen MR) is 83.0 cm³/mol. The van der Waals surface area contributed by atoms with Gasteiger partial charge in [-0.2, -0.15) is 0 Å². The third-order valence-electron chi connectivity index (χ3n) is 3.00. The third kappa shape index (κ3) is 3.39. The maximum absolute atomic E-state index is 13.7. The highest BCUT2D eigenvalue weighted by molar-refractivity contribution is 6.30. The summed E-state index contributed by atoms with van der Waals surface area (Å²) in [5.41, 5.74) is 7.78. The van der Waals surface area contributed by atoms with Gasteiger partial charge in [0, 0.05) is 17.2 Å². The molecule has 2 aromatic rings. The molecule has 0 atom stereocenters. The molecule has 0 aliphatic heterocycles. The fourth-order valence-corrected chi connectivity index (χ4v) is 2.40. The highest BCUT2D eigenvalue weighted by atomic mass is 35.5. The van der Waals surface area contributed by atoms with E-state index in [9.17, 15) is 4.39 Å². The van der Waals surface area contributed by atoms with E-state index in [0.717, 1.165) is 11.1 Å². The van der Waals surface area contributed by atoms with Crippen LogP contribution in [-0.2, 0) is 0 Å². The highest BCUT2D eigenvalue weighted by Gasteiger charge is 2.13. The lowest BCUT2D eigenvalue weighted by Crippen LogP contribution is -2.00. The molecule has 0 spiro atoms. The van der Waals surface area contributed by atoms with Crippen LogP contribution in [0.4, 0.5) is 10.1 Å². The van der Waals surface area contributed by atoms with Crippen LogP contribution in [-0.4, -0.2) is 6.61 Å². The van der Waals surface area contributed by atoms with E-state index >= 15 is 0 Å². The minimum absolute atomic E-state index is 0.117. The Balaban J connectivity index is 2.42. The molecule has 0 heterocycles. The van der Waals surface area contributed by atoms with Gasteiger partial charge in [-0.25, -0.2) is 4.39 Å². The van der Waals surface area contributed by atoms with Gasteiger partial charge < -0.3 is 15.2 Å². The van der Waals surface area contributed by atoms with Gasteiger partial charge in [0.05, 0.1) is 12.3 Å². The van der Waals surface area contributed by atoms with Crippen molar-refractivity contribution in [2.24, 2.45) is 0 Å². The number of anilines is 1. The molecule has 0 amide bonds. The van der Waals surface area contributed by atoms with Gasteiger partial charge in [-0.15, -0.1) is 0 Å². The number of hydrogen-bond donors (Lipinski definition) is 1. The maximum atomic E-state index is 13.7. The molecule has 0 saturated heterocycles. The quantitative estimate of drug-likeness (QED) is 0.819. The Kier molecular flexibility index (Phi) is 4.58. The fraction of sp³-hybridized carbons (Fsp3) is 0.250. The summed E-state index contributed by atoms with van der Waals surface area (Å²) in [5.74, 6) is 0.616. The molecule has 2 rings (SSSR count). The van der Waals surface area contributed by atoms with Crippen molar-refractivity contribution < 1.29 is 13.9 Å². The average Bonchev–Trinajstić information content (AvgIpc) is 2.38. The SMILES string of the molecule is CCOc1cc(Oc2c(C)cc(Cl)cc2C)c(N)cc1F. The lowest BCUT2D eigenvalue weighted by molar-refractivity contribution is 0.319. The van der Waals surface area contributed by atoms with Gasteiger partial charge >= 0.3 is 0 Å². The number of rotatable bonds is 4. The van der Waals surface area contributed by atoms with Crippen molar-refractivity contribution in [3.05, 3.63) is 46.2 Å². The maximum Gasteiger partial charge on any atom is 0.167 e. The molecule has 112 valence electrons. The highest BCUT2D eigenvalue weighted by Crippen LogP contribution is 2.37. The summed E-state index contributed by atoms with van der Waals surface area (Å²) in [6, 6.07) is 6.25. The van der Waals surface area contributed by atoms with Gasteiger partial charge in [0.25, 0.3) is 0 Å². The van der Waals surface area contributed by atoms with Crippen LogP contribution in [0.1, 0.15) is 18.1 Å². The summed E-state index contributed by atoms with van der Waals surface area (Å²) in [7, 11) is 0. The lowest BCUT2D eigenvalue weighted by atomic mass is 10.1. The molecule has 0 fully saturated rings. The molecular formula is C16H17ClFNO2. The van der Waals surface area contributed by atoms with E-state index in [2.05, 4.69) is 0 Å². The number of benzene rings is 2. The summed E-state index contributed by atoms with van der Waals surface area (Å²) in [5, 5.41) is 0.638. The molecular weight excluding hydrogens is 293 g/mol. The Morgan fingerprint density at radius 2 is 1.71 bits per heavy atom. The second-order valence-corrected chi connectivity index (χ2v) is 5.16. The Labute approximate surface area is 128 Å². The van der Waals surface area contributed by atoms with Crippen molar-refractivity contribution in [3.63, 3.8) is 0 Å². The Bertz CT molecular complexity index is 651. The molecule has 0 bridgehead atoms. The average molecular weight is 310 g/mol. The normalized spacial score (nSPS) is 10.5. The standard InChI is InChI=1S/C16H17ClFNO2/c1-4-20-14-8-15(13(19)7-12(14)18)21-16-9(2)5-11(17)6-10(16)3/h5-8H,4,19H2,1-3H3. The molecule has 2 aromatic carbocycles. The zero-order valence-corrected chi connectivity index (χ0v) is 12.9. The minimum Gasteiger partial charge on any atom is -0.491 e. The molecule has 0 radical (unpaired) electrons. The van der Waals surface area contributed by atoms with Gasteiger partial charge in [0.2, 0.25) is 0 Å². The second-order valence-electron chi connectivity index (χ2n) is 4.72. The molecule has 0 saturated carbocycles. The van der Waals surface area contributed by atoms with E-state index in [1.807, 2.05) is 13.8 Å². The second kappa shape index (κ2) is 6.22. The van der Waals surface area contributed by atoms with Gasteiger partial charge in [0.1, 0.15) is 5.75 Å². The van der Waals surface area contributed by atoms with Crippen LogP contribution < -0.4 is 15.2 Å². The van der Waals surface area contributed by atoms with Crippen LogP contribution in [0.5, 0.6) is 17.2 Å². The van der Waals surface area contributed by atoms with E-state index in [1.165, 1.54) is 12.1 Å². The molecule has 2 N–H and O–H groups in total. The number of aryl methyl sites for hydroxylation is 2. The fourth-order valence-electron chi connectivity index (χ4n) is 2.07. The number of hydrogen-bond acceptors (Lipinski definition) is 3. The molecule has 0 aromatic heterocycles. The van der Waals surface area contributed by atoms with Crippen LogP contribution in [0.3, 0.4) is 0 Å². The van der Waals surface area contributed by atoms with Crippen LogP contribution in [0, 0.1) is 19.7 Å². The lowest BCUT2D eigenvalue weighted by Gasteiger charge is -2.15. The van der Waals surface area contributed by atoms with Crippen molar-refractivity contribution >= 4 is 17.3 Å². The Morgan fingerprint density at radius 3 is 2.29 bits per heavy atom. The number of nitrogen functional groups attached to an aromatic ring is 1. The molecule has 0 unspecified atom stereocenters. The van der Waals surface area contributed by atoms with Crippen molar-refractivity contribution in [1.29, 1.82) is 0 Å². The number of halogens is 2. The monoisotopic (exact) mass is 309 g/mol. The van der Waals surface area contributed by atoms with Gasteiger partial charge in [0.15, 0.2) is 17.3 Å². The largest absolute Gasteiger partial charge is 0.491 e. The Hall–Kier alpha value is -1.94. The minimum atomic E-state index is -0.508. The summed E-state index contributed by atoms with van der Waals surface area (Å²) in [6.45, 7) is 5.91. The van der Waals surface area contributed by atoms with E-state index in [-0.39, 0.29) is 11.4 Å². The summed E-state index contributed by atoms with van der Waals surface area (Å²) in [6.07, 6.45) is 0. The van der Waals surface area contributed by atoms with Crippen LogP contribution in [0.15, 0.2) is 24.3 Å².